The summed E-state index contributed by atoms with van der Waals surface area (Å²) in [6.45, 7) is 1.85. The fourth-order valence-corrected chi connectivity index (χ4v) is 4.15. The molecule has 0 aliphatic heterocycles. The minimum absolute atomic E-state index is 0.196. The third-order valence-electron chi connectivity index (χ3n) is 4.90. The number of nitrogens with zero attached hydrogens (tertiary/aromatic N) is 1. The van der Waals surface area contributed by atoms with Crippen LogP contribution in [0.4, 0.5) is 0 Å². The van der Waals surface area contributed by atoms with Gasteiger partial charge in [-0.05, 0) is 49.4 Å². The van der Waals surface area contributed by atoms with Gasteiger partial charge in [0.05, 0.1) is 32.3 Å². The average Bonchev–Trinajstić information content (AvgIpc) is 2.99. The highest BCUT2D eigenvalue weighted by Gasteiger charge is 2.25. The van der Waals surface area contributed by atoms with Crippen LogP contribution in [0.5, 0.6) is 0 Å². The summed E-state index contributed by atoms with van der Waals surface area (Å²) < 4.78 is 1.93. The molecule has 1 heterocycles. The molecule has 0 saturated carbocycles. The van der Waals surface area contributed by atoms with Gasteiger partial charge >= 0.3 is 5.97 Å². The van der Waals surface area contributed by atoms with Crippen LogP contribution < -0.4 is 0 Å². The Morgan fingerprint density at radius 2 is 1.45 bits per heavy atom. The third kappa shape index (κ3) is 3.20. The van der Waals surface area contributed by atoms with Crippen LogP contribution in [0, 0.1) is 6.92 Å². The molecule has 1 aromatic heterocycles. The number of rotatable bonds is 4. The molecule has 0 radical (unpaired) electrons. The first-order valence-electron chi connectivity index (χ1n) is 8.82. The number of ketones is 1. The number of hydrogen-bond donors (Lipinski definition) is 1. The number of halogens is 2. The van der Waals surface area contributed by atoms with Crippen LogP contribution in [-0.2, 0) is 0 Å². The van der Waals surface area contributed by atoms with Gasteiger partial charge < -0.3 is 9.67 Å². The van der Waals surface area contributed by atoms with E-state index in [1.165, 1.54) is 12.1 Å². The molecule has 0 spiro atoms. The van der Waals surface area contributed by atoms with E-state index in [-0.39, 0.29) is 16.9 Å². The summed E-state index contributed by atoms with van der Waals surface area (Å²) in [5.74, 6) is -1.25. The first-order chi connectivity index (χ1) is 13.9. The van der Waals surface area contributed by atoms with Gasteiger partial charge in [0.2, 0.25) is 0 Å². The molecule has 0 amide bonds. The Bertz CT molecular complexity index is 1250. The van der Waals surface area contributed by atoms with Crippen molar-refractivity contribution in [2.45, 2.75) is 6.92 Å². The molecule has 0 atom stereocenters. The minimum atomic E-state index is -0.991. The van der Waals surface area contributed by atoms with Gasteiger partial charge in [0, 0.05) is 16.8 Å². The second-order valence-electron chi connectivity index (χ2n) is 6.59. The van der Waals surface area contributed by atoms with E-state index in [9.17, 15) is 9.59 Å². The van der Waals surface area contributed by atoms with E-state index < -0.39 is 5.97 Å². The van der Waals surface area contributed by atoms with E-state index in [0.717, 1.165) is 22.3 Å². The predicted molar refractivity (Wildman–Crippen MR) is 115 cm³/mol. The fraction of sp³-hybridized carbons (Fsp3) is 0.0435. The lowest BCUT2D eigenvalue weighted by Crippen LogP contribution is -2.06. The lowest BCUT2D eigenvalue weighted by molar-refractivity contribution is 0.0696. The highest BCUT2D eigenvalue weighted by Crippen LogP contribution is 2.34. The number of carboxylic acid groups (broad SMARTS) is 1. The topological polar surface area (TPSA) is 59.3 Å². The van der Waals surface area contributed by atoms with Crippen molar-refractivity contribution in [1.29, 1.82) is 0 Å². The number of carbonyl (C=O) groups excluding carboxylic acids is 1. The second kappa shape index (κ2) is 7.39. The highest BCUT2D eigenvalue weighted by molar-refractivity contribution is 6.41. The zero-order chi connectivity index (χ0) is 20.7. The standard InChI is InChI=1S/C23H15Cl2NO3/c1-13-20(22(27)21-17(24)6-4-7-18(21)25)16-5-2-3-8-19(16)26(13)15-11-9-14(10-12-15)23(28)29/h2-12H,1H3,(H,28,29). The Balaban J connectivity index is 1.97. The van der Waals surface area contributed by atoms with Crippen LogP contribution in [-0.4, -0.2) is 21.4 Å². The Morgan fingerprint density at radius 3 is 2.07 bits per heavy atom. The Labute approximate surface area is 176 Å². The van der Waals surface area contributed by atoms with Gasteiger partial charge in [-0.2, -0.15) is 0 Å². The van der Waals surface area contributed by atoms with Gasteiger partial charge in [-0.15, -0.1) is 0 Å². The molecule has 0 saturated heterocycles. The summed E-state index contributed by atoms with van der Waals surface area (Å²) in [6, 6.07) is 19.0. The van der Waals surface area contributed by atoms with Gasteiger partial charge in [0.1, 0.15) is 0 Å². The quantitative estimate of drug-likeness (QED) is 0.399. The Hall–Kier alpha value is -3.08. The summed E-state index contributed by atoms with van der Waals surface area (Å²) in [4.78, 5) is 24.6. The first kappa shape index (κ1) is 19.2. The SMILES string of the molecule is Cc1c(C(=O)c2c(Cl)cccc2Cl)c2ccccc2n1-c1ccc(C(=O)O)cc1. The van der Waals surface area contributed by atoms with E-state index in [1.54, 1.807) is 30.3 Å². The molecule has 4 nitrogen and oxygen atoms in total. The largest absolute Gasteiger partial charge is 0.478 e. The molecule has 0 fully saturated rings. The smallest absolute Gasteiger partial charge is 0.335 e. The van der Waals surface area contributed by atoms with Crippen molar-refractivity contribution in [3.63, 3.8) is 0 Å². The van der Waals surface area contributed by atoms with Crippen molar-refractivity contribution in [2.24, 2.45) is 0 Å². The molecule has 4 rings (SSSR count). The number of benzene rings is 3. The molecule has 1 N–H and O–H groups in total. The normalized spacial score (nSPS) is 11.0. The summed E-state index contributed by atoms with van der Waals surface area (Å²) >= 11 is 12.6. The average molecular weight is 424 g/mol. The summed E-state index contributed by atoms with van der Waals surface area (Å²) in [5.41, 5.74) is 3.28. The van der Waals surface area contributed by atoms with Gasteiger partial charge in [0.15, 0.2) is 5.78 Å². The monoisotopic (exact) mass is 423 g/mol. The molecule has 0 bridgehead atoms. The number of aromatic carboxylic acids is 1. The molecule has 144 valence electrons. The Kier molecular flexibility index (Phi) is 4.91. The molecule has 0 aliphatic carbocycles. The zero-order valence-corrected chi connectivity index (χ0v) is 16.8. The van der Waals surface area contributed by atoms with Crippen LogP contribution >= 0.6 is 23.2 Å². The van der Waals surface area contributed by atoms with Crippen LogP contribution in [0.3, 0.4) is 0 Å². The summed E-state index contributed by atoms with van der Waals surface area (Å²) in [6.07, 6.45) is 0. The van der Waals surface area contributed by atoms with Gasteiger partial charge in [-0.1, -0.05) is 47.5 Å². The second-order valence-corrected chi connectivity index (χ2v) is 7.41. The minimum Gasteiger partial charge on any atom is -0.478 e. The molecular weight excluding hydrogens is 409 g/mol. The maximum atomic E-state index is 13.5. The third-order valence-corrected chi connectivity index (χ3v) is 5.53. The zero-order valence-electron chi connectivity index (χ0n) is 15.3. The van der Waals surface area contributed by atoms with Crippen LogP contribution in [0.15, 0.2) is 66.7 Å². The maximum Gasteiger partial charge on any atom is 0.335 e. The number of aromatic nitrogens is 1. The summed E-state index contributed by atoms with van der Waals surface area (Å²) in [7, 11) is 0. The van der Waals surface area contributed by atoms with E-state index in [0.29, 0.717) is 15.6 Å². The van der Waals surface area contributed by atoms with Gasteiger partial charge in [-0.3, -0.25) is 4.79 Å². The van der Waals surface area contributed by atoms with Crippen LogP contribution in [0.2, 0.25) is 10.0 Å². The molecule has 4 aromatic rings. The van der Waals surface area contributed by atoms with E-state index in [1.807, 2.05) is 35.8 Å². The molecule has 3 aromatic carbocycles. The highest BCUT2D eigenvalue weighted by atomic mass is 35.5. The molecule has 0 unspecified atom stereocenters. The van der Waals surface area contributed by atoms with Crippen molar-refractivity contribution < 1.29 is 14.7 Å². The van der Waals surface area contributed by atoms with Gasteiger partial charge in [0.25, 0.3) is 0 Å². The van der Waals surface area contributed by atoms with Crippen molar-refractivity contribution in [1.82, 2.24) is 4.57 Å². The number of fused-ring (bicyclic) bond motifs is 1. The van der Waals surface area contributed by atoms with Crippen LogP contribution in [0.1, 0.15) is 32.0 Å². The fourth-order valence-electron chi connectivity index (χ4n) is 3.58. The lowest BCUT2D eigenvalue weighted by atomic mass is 10.0. The number of carbonyl (C=O) groups is 2. The number of para-hydroxylation sites is 1. The first-order valence-corrected chi connectivity index (χ1v) is 9.58. The molecule has 0 aliphatic rings. The molecular formula is C23H15Cl2NO3. The molecule has 29 heavy (non-hydrogen) atoms. The number of carboxylic acids is 1. The van der Waals surface area contributed by atoms with E-state index in [4.69, 9.17) is 28.3 Å². The lowest BCUT2D eigenvalue weighted by Gasteiger charge is -2.10. The predicted octanol–water partition coefficient (Wildman–Crippen LogP) is 6.17. The van der Waals surface area contributed by atoms with Crippen molar-refractivity contribution in [3.05, 3.63) is 99.2 Å². The molecule has 6 heteroatoms. The van der Waals surface area contributed by atoms with Crippen molar-refractivity contribution in [2.75, 3.05) is 0 Å². The summed E-state index contributed by atoms with van der Waals surface area (Å²) in [5, 5.41) is 10.5. The van der Waals surface area contributed by atoms with E-state index >= 15 is 0 Å². The number of hydrogen-bond acceptors (Lipinski definition) is 2. The Morgan fingerprint density at radius 1 is 0.828 bits per heavy atom. The van der Waals surface area contributed by atoms with Crippen molar-refractivity contribution >= 4 is 45.9 Å². The van der Waals surface area contributed by atoms with Crippen molar-refractivity contribution in [3.8, 4) is 5.69 Å². The van der Waals surface area contributed by atoms with E-state index in [2.05, 4.69) is 0 Å². The maximum absolute atomic E-state index is 13.5. The van der Waals surface area contributed by atoms with Gasteiger partial charge in [-0.25, -0.2) is 4.79 Å². The van der Waals surface area contributed by atoms with Crippen LogP contribution in [0.25, 0.3) is 16.6 Å².